The third kappa shape index (κ3) is 1.93. The molecule has 4 heteroatoms. The minimum atomic E-state index is -0.0772. The highest BCUT2D eigenvalue weighted by molar-refractivity contribution is 7.99. The summed E-state index contributed by atoms with van der Waals surface area (Å²) in [7, 11) is 0. The van der Waals surface area contributed by atoms with E-state index >= 15 is 0 Å². The van der Waals surface area contributed by atoms with Gasteiger partial charge in [-0.05, 0) is 18.6 Å². The zero-order valence-electron chi connectivity index (χ0n) is 10.9. The standard InChI is InChI=1S/C13H23NO2S/c1-11(2)8-14-13(4-3-7-17-10-13)16-12(11)5-6-15-9-12/h14H,3-10H2,1-2H3. The monoisotopic (exact) mass is 257 g/mol. The van der Waals surface area contributed by atoms with E-state index in [-0.39, 0.29) is 16.7 Å². The van der Waals surface area contributed by atoms with Gasteiger partial charge < -0.3 is 9.47 Å². The van der Waals surface area contributed by atoms with Gasteiger partial charge in [-0.1, -0.05) is 13.8 Å². The minimum Gasteiger partial charge on any atom is -0.378 e. The molecule has 0 aromatic rings. The summed E-state index contributed by atoms with van der Waals surface area (Å²) >= 11 is 2.01. The fourth-order valence-corrected chi connectivity index (χ4v) is 4.37. The van der Waals surface area contributed by atoms with Gasteiger partial charge in [0.2, 0.25) is 0 Å². The Morgan fingerprint density at radius 2 is 2.12 bits per heavy atom. The van der Waals surface area contributed by atoms with Gasteiger partial charge in [-0.3, -0.25) is 5.32 Å². The Hall–Kier alpha value is 0.230. The molecule has 3 aliphatic rings. The fourth-order valence-electron chi connectivity index (χ4n) is 3.24. The molecule has 1 N–H and O–H groups in total. The number of hydrogen-bond donors (Lipinski definition) is 1. The van der Waals surface area contributed by atoms with Crippen molar-refractivity contribution < 1.29 is 9.47 Å². The summed E-state index contributed by atoms with van der Waals surface area (Å²) in [5.74, 6) is 2.37. The van der Waals surface area contributed by atoms with E-state index in [4.69, 9.17) is 9.47 Å². The van der Waals surface area contributed by atoms with Gasteiger partial charge in [0, 0.05) is 30.7 Å². The van der Waals surface area contributed by atoms with Crippen molar-refractivity contribution in [3.63, 3.8) is 0 Å². The van der Waals surface area contributed by atoms with Crippen molar-refractivity contribution >= 4 is 11.8 Å². The van der Waals surface area contributed by atoms with Crippen molar-refractivity contribution in [2.45, 2.75) is 44.4 Å². The molecular weight excluding hydrogens is 234 g/mol. The van der Waals surface area contributed by atoms with Crippen molar-refractivity contribution in [1.29, 1.82) is 0 Å². The SMILES string of the molecule is CC1(C)CNC2(CCCSC2)OC12CCOC2. The summed E-state index contributed by atoms with van der Waals surface area (Å²) < 4.78 is 12.3. The molecule has 3 nitrogen and oxygen atoms in total. The second-order valence-electron chi connectivity index (χ2n) is 6.29. The first-order valence-corrected chi connectivity index (χ1v) is 7.84. The lowest BCUT2D eigenvalue weighted by Crippen LogP contribution is -2.69. The highest BCUT2D eigenvalue weighted by Crippen LogP contribution is 2.48. The topological polar surface area (TPSA) is 30.5 Å². The Morgan fingerprint density at radius 3 is 2.76 bits per heavy atom. The van der Waals surface area contributed by atoms with Gasteiger partial charge in [-0.2, -0.15) is 11.8 Å². The van der Waals surface area contributed by atoms with E-state index in [0.29, 0.717) is 0 Å². The van der Waals surface area contributed by atoms with Crippen LogP contribution in [-0.4, -0.2) is 42.6 Å². The van der Waals surface area contributed by atoms with Crippen molar-refractivity contribution in [2.75, 3.05) is 31.3 Å². The second-order valence-corrected chi connectivity index (χ2v) is 7.39. The normalized spacial score (nSPS) is 45.5. The van der Waals surface area contributed by atoms with Crippen LogP contribution in [0.4, 0.5) is 0 Å². The van der Waals surface area contributed by atoms with Crippen LogP contribution >= 0.6 is 11.8 Å². The molecule has 0 amide bonds. The minimum absolute atomic E-state index is 0.0594. The molecule has 0 aromatic carbocycles. The Morgan fingerprint density at radius 1 is 1.24 bits per heavy atom. The molecule has 2 spiro atoms. The third-order valence-electron chi connectivity index (χ3n) is 4.67. The van der Waals surface area contributed by atoms with Gasteiger partial charge in [0.15, 0.2) is 0 Å². The van der Waals surface area contributed by atoms with Crippen molar-refractivity contribution in [1.82, 2.24) is 5.32 Å². The van der Waals surface area contributed by atoms with Crippen LogP contribution in [0.15, 0.2) is 0 Å². The average molecular weight is 257 g/mol. The van der Waals surface area contributed by atoms with E-state index in [0.717, 1.165) is 38.4 Å². The van der Waals surface area contributed by atoms with Crippen molar-refractivity contribution in [2.24, 2.45) is 5.41 Å². The third-order valence-corrected chi connectivity index (χ3v) is 5.91. The molecule has 17 heavy (non-hydrogen) atoms. The summed E-state index contributed by atoms with van der Waals surface area (Å²) in [4.78, 5) is 0. The molecular formula is C13H23NO2S. The predicted octanol–water partition coefficient (Wildman–Crippen LogP) is 2.01. The van der Waals surface area contributed by atoms with Gasteiger partial charge >= 0.3 is 0 Å². The molecule has 98 valence electrons. The Bertz CT molecular complexity index is 294. The highest BCUT2D eigenvalue weighted by Gasteiger charge is 2.57. The van der Waals surface area contributed by atoms with E-state index in [1.54, 1.807) is 0 Å². The lowest BCUT2D eigenvalue weighted by molar-refractivity contribution is -0.243. The molecule has 2 unspecified atom stereocenters. The second kappa shape index (κ2) is 4.12. The van der Waals surface area contributed by atoms with E-state index in [9.17, 15) is 0 Å². The largest absolute Gasteiger partial charge is 0.378 e. The van der Waals surface area contributed by atoms with Gasteiger partial charge in [0.25, 0.3) is 0 Å². The fraction of sp³-hybridized carbons (Fsp3) is 1.00. The maximum Gasteiger partial charge on any atom is 0.129 e. The van der Waals surface area contributed by atoms with Crippen LogP contribution in [0.2, 0.25) is 0 Å². The average Bonchev–Trinajstić information content (AvgIpc) is 2.77. The quantitative estimate of drug-likeness (QED) is 0.719. The Kier molecular flexibility index (Phi) is 2.97. The van der Waals surface area contributed by atoms with E-state index in [1.807, 2.05) is 11.8 Å². The molecule has 3 rings (SSSR count). The smallest absolute Gasteiger partial charge is 0.129 e. The molecule has 3 fully saturated rings. The van der Waals surface area contributed by atoms with Crippen LogP contribution in [0.5, 0.6) is 0 Å². The summed E-state index contributed by atoms with van der Waals surface area (Å²) in [6.45, 7) is 7.27. The van der Waals surface area contributed by atoms with Gasteiger partial charge in [0.05, 0.1) is 6.61 Å². The molecule has 3 saturated heterocycles. The van der Waals surface area contributed by atoms with Crippen LogP contribution in [0.25, 0.3) is 0 Å². The van der Waals surface area contributed by atoms with E-state index in [2.05, 4.69) is 19.2 Å². The predicted molar refractivity (Wildman–Crippen MR) is 70.3 cm³/mol. The van der Waals surface area contributed by atoms with Crippen molar-refractivity contribution in [3.8, 4) is 0 Å². The Balaban J connectivity index is 1.84. The van der Waals surface area contributed by atoms with Gasteiger partial charge in [-0.25, -0.2) is 0 Å². The zero-order valence-corrected chi connectivity index (χ0v) is 11.7. The summed E-state index contributed by atoms with van der Waals surface area (Å²) in [5, 5.41) is 3.68. The van der Waals surface area contributed by atoms with Crippen LogP contribution in [0.1, 0.15) is 33.1 Å². The lowest BCUT2D eigenvalue weighted by Gasteiger charge is -2.56. The highest BCUT2D eigenvalue weighted by atomic mass is 32.2. The molecule has 2 atom stereocenters. The van der Waals surface area contributed by atoms with Crippen LogP contribution in [0.3, 0.4) is 0 Å². The molecule has 0 radical (unpaired) electrons. The van der Waals surface area contributed by atoms with Crippen molar-refractivity contribution in [3.05, 3.63) is 0 Å². The molecule has 3 heterocycles. The first-order valence-electron chi connectivity index (χ1n) is 6.68. The number of nitrogens with one attached hydrogen (secondary N) is 1. The van der Waals surface area contributed by atoms with Gasteiger partial charge in [0.1, 0.15) is 11.3 Å². The first-order chi connectivity index (χ1) is 8.08. The molecule has 0 aliphatic carbocycles. The molecule has 0 saturated carbocycles. The van der Waals surface area contributed by atoms with E-state index < -0.39 is 0 Å². The molecule has 0 aromatic heterocycles. The number of ether oxygens (including phenoxy) is 2. The van der Waals surface area contributed by atoms with E-state index in [1.165, 1.54) is 12.2 Å². The summed E-state index contributed by atoms with van der Waals surface area (Å²) in [6, 6.07) is 0. The Labute approximate surface area is 108 Å². The van der Waals surface area contributed by atoms with Crippen LogP contribution < -0.4 is 5.32 Å². The van der Waals surface area contributed by atoms with Gasteiger partial charge in [-0.15, -0.1) is 0 Å². The summed E-state index contributed by atoms with van der Waals surface area (Å²) in [6.07, 6.45) is 3.46. The van der Waals surface area contributed by atoms with Crippen LogP contribution in [0, 0.1) is 5.41 Å². The van der Waals surface area contributed by atoms with Crippen LogP contribution in [-0.2, 0) is 9.47 Å². The number of rotatable bonds is 0. The maximum atomic E-state index is 6.62. The zero-order chi connectivity index (χ0) is 12.0. The number of thioether (sulfide) groups is 1. The first kappa shape index (κ1) is 12.3. The number of hydrogen-bond acceptors (Lipinski definition) is 4. The molecule has 0 bridgehead atoms. The lowest BCUT2D eigenvalue weighted by atomic mass is 9.72. The maximum absolute atomic E-state index is 6.62. The molecule has 3 aliphatic heterocycles. The summed E-state index contributed by atoms with van der Waals surface area (Å²) in [5.41, 5.74) is 0.0269.